The summed E-state index contributed by atoms with van der Waals surface area (Å²) in [5.74, 6) is -0.494. The first-order valence-corrected chi connectivity index (χ1v) is 10.5. The Morgan fingerprint density at radius 3 is 2.62 bits per heavy atom. The fourth-order valence-electron chi connectivity index (χ4n) is 3.40. The van der Waals surface area contributed by atoms with E-state index in [1.807, 2.05) is 6.92 Å². The molecule has 2 aromatic heterocycles. The highest BCUT2D eigenvalue weighted by Crippen LogP contribution is 2.49. The van der Waals surface area contributed by atoms with Crippen molar-refractivity contribution in [1.29, 1.82) is 0 Å². The lowest BCUT2D eigenvalue weighted by Gasteiger charge is -2.19. The third-order valence-corrected chi connectivity index (χ3v) is 7.28. The van der Waals surface area contributed by atoms with Crippen molar-refractivity contribution in [3.8, 4) is 0 Å². The van der Waals surface area contributed by atoms with Gasteiger partial charge in [0.15, 0.2) is 0 Å². The molecular weight excluding hydrogens is 406 g/mol. The molecular formula is C17H20BrN3OS2. The molecule has 0 fully saturated rings. The van der Waals surface area contributed by atoms with Crippen LogP contribution in [0.3, 0.4) is 0 Å². The number of carbonyl (C=O) groups is 1. The van der Waals surface area contributed by atoms with Crippen molar-refractivity contribution in [2.24, 2.45) is 5.73 Å². The number of anilines is 1. The number of primary amides is 1. The minimum atomic E-state index is -0.494. The van der Waals surface area contributed by atoms with Gasteiger partial charge in [0.1, 0.15) is 9.71 Å². The number of nitrogens with zero attached hydrogens (tertiary/aromatic N) is 1. The number of nitrogens with two attached hydrogens (primary N) is 2. The summed E-state index contributed by atoms with van der Waals surface area (Å²) >= 11 is 6.60. The van der Waals surface area contributed by atoms with Gasteiger partial charge >= 0.3 is 0 Å². The normalized spacial score (nSPS) is 17.0. The summed E-state index contributed by atoms with van der Waals surface area (Å²) in [6.07, 6.45) is 4.08. The molecule has 0 saturated carbocycles. The number of amides is 1. The SMILES string of the molecule is CS/C(=C(\C)Br)c1c2c(nc3sc(C(N)=O)c(N)c13)C(C)(C)CC2. The molecule has 4 N–H and O–H groups in total. The molecule has 0 aromatic carbocycles. The molecule has 0 atom stereocenters. The van der Waals surface area contributed by atoms with E-state index in [1.165, 1.54) is 16.9 Å². The fourth-order valence-corrected chi connectivity index (χ4v) is 5.75. The zero-order valence-electron chi connectivity index (χ0n) is 14.1. The number of rotatable bonds is 3. The first kappa shape index (κ1) is 17.8. The van der Waals surface area contributed by atoms with Crippen LogP contribution in [-0.4, -0.2) is 17.1 Å². The van der Waals surface area contributed by atoms with Crippen molar-refractivity contribution in [3.63, 3.8) is 0 Å². The predicted molar refractivity (Wildman–Crippen MR) is 109 cm³/mol. The van der Waals surface area contributed by atoms with Crippen molar-refractivity contribution < 1.29 is 4.79 Å². The predicted octanol–water partition coefficient (Wildman–Crippen LogP) is 4.65. The smallest absolute Gasteiger partial charge is 0.260 e. The van der Waals surface area contributed by atoms with Gasteiger partial charge in [-0.25, -0.2) is 4.98 Å². The maximum absolute atomic E-state index is 11.8. The molecule has 0 radical (unpaired) electrons. The van der Waals surface area contributed by atoms with E-state index in [0.717, 1.165) is 43.7 Å². The summed E-state index contributed by atoms with van der Waals surface area (Å²) in [5, 5.41) is 0.869. The lowest BCUT2D eigenvalue weighted by atomic mass is 9.90. The summed E-state index contributed by atoms with van der Waals surface area (Å²) < 4.78 is 1.06. The van der Waals surface area contributed by atoms with E-state index in [4.69, 9.17) is 16.5 Å². The standard InChI is InChI=1S/C17H20BrN3OS2/c1-7(18)12(23-4)9-8-5-6-17(2,3)14(8)21-16-10(9)11(19)13(24-16)15(20)22/h5-6,19H2,1-4H3,(H2,20,22)/b12-7+. The highest BCUT2D eigenvalue weighted by atomic mass is 79.9. The van der Waals surface area contributed by atoms with Crippen LogP contribution in [0.4, 0.5) is 5.69 Å². The van der Waals surface area contributed by atoms with Crippen LogP contribution in [0.2, 0.25) is 0 Å². The summed E-state index contributed by atoms with van der Waals surface area (Å²) in [7, 11) is 0. The van der Waals surface area contributed by atoms with Crippen LogP contribution in [0.1, 0.15) is 53.7 Å². The topological polar surface area (TPSA) is 82.0 Å². The van der Waals surface area contributed by atoms with Crippen LogP contribution in [-0.2, 0) is 11.8 Å². The number of pyridine rings is 1. The molecule has 1 aliphatic carbocycles. The second kappa shape index (κ2) is 6.04. The zero-order valence-corrected chi connectivity index (χ0v) is 17.3. The van der Waals surface area contributed by atoms with Crippen LogP contribution >= 0.6 is 39.0 Å². The molecule has 3 rings (SSSR count). The van der Waals surface area contributed by atoms with E-state index in [-0.39, 0.29) is 5.41 Å². The van der Waals surface area contributed by atoms with E-state index in [2.05, 4.69) is 36.0 Å². The molecule has 0 spiro atoms. The van der Waals surface area contributed by atoms with Gasteiger partial charge in [0, 0.05) is 25.8 Å². The van der Waals surface area contributed by atoms with Crippen LogP contribution in [0, 0.1) is 0 Å². The lowest BCUT2D eigenvalue weighted by molar-refractivity contribution is 0.100. The molecule has 0 bridgehead atoms. The van der Waals surface area contributed by atoms with Crippen molar-refractivity contribution in [3.05, 3.63) is 26.2 Å². The van der Waals surface area contributed by atoms with E-state index in [9.17, 15) is 4.79 Å². The second-order valence-electron chi connectivity index (χ2n) is 6.65. The highest BCUT2D eigenvalue weighted by Gasteiger charge is 2.36. The number of hydrogen-bond acceptors (Lipinski definition) is 5. The molecule has 2 aromatic rings. The van der Waals surface area contributed by atoms with Gasteiger partial charge < -0.3 is 11.5 Å². The average Bonchev–Trinajstić information content (AvgIpc) is 2.97. The number of nitrogen functional groups attached to an aromatic ring is 1. The summed E-state index contributed by atoms with van der Waals surface area (Å²) in [6, 6.07) is 0. The molecule has 0 aliphatic heterocycles. The quantitative estimate of drug-likeness (QED) is 0.749. The Bertz CT molecular complexity index is 895. The minimum absolute atomic E-state index is 0.0215. The van der Waals surface area contributed by atoms with Crippen LogP contribution in [0.5, 0.6) is 0 Å². The maximum atomic E-state index is 11.8. The zero-order chi connectivity index (χ0) is 17.8. The third kappa shape index (κ3) is 2.57. The van der Waals surface area contributed by atoms with Crippen LogP contribution < -0.4 is 11.5 Å². The number of thiophene rings is 1. The number of halogens is 1. The Balaban J connectivity index is 2.51. The largest absolute Gasteiger partial charge is 0.397 e. The van der Waals surface area contributed by atoms with Crippen molar-refractivity contribution in [1.82, 2.24) is 4.98 Å². The fraction of sp³-hybridized carbons (Fsp3) is 0.412. The van der Waals surface area contributed by atoms with Gasteiger partial charge in [-0.15, -0.1) is 23.1 Å². The van der Waals surface area contributed by atoms with Crippen molar-refractivity contribution >= 4 is 65.7 Å². The molecule has 1 amide bonds. The number of thioether (sulfide) groups is 1. The van der Waals surface area contributed by atoms with Gasteiger partial charge in [0.25, 0.3) is 5.91 Å². The number of carbonyl (C=O) groups excluding carboxylic acids is 1. The minimum Gasteiger partial charge on any atom is -0.397 e. The Morgan fingerprint density at radius 2 is 2.08 bits per heavy atom. The lowest BCUT2D eigenvalue weighted by Crippen LogP contribution is -2.14. The summed E-state index contributed by atoms with van der Waals surface area (Å²) in [6.45, 7) is 6.47. The molecule has 2 heterocycles. The van der Waals surface area contributed by atoms with E-state index in [1.54, 1.807) is 11.8 Å². The molecule has 1 aliphatic rings. The van der Waals surface area contributed by atoms with Gasteiger partial charge in [-0.05, 0) is 31.6 Å². The van der Waals surface area contributed by atoms with E-state index >= 15 is 0 Å². The first-order valence-electron chi connectivity index (χ1n) is 7.65. The van der Waals surface area contributed by atoms with Gasteiger partial charge in [0.2, 0.25) is 0 Å². The van der Waals surface area contributed by atoms with Crippen LogP contribution in [0.15, 0.2) is 4.48 Å². The van der Waals surface area contributed by atoms with Gasteiger partial charge in [-0.1, -0.05) is 29.8 Å². The number of fused-ring (bicyclic) bond motifs is 2. The van der Waals surface area contributed by atoms with Crippen molar-refractivity contribution in [2.45, 2.75) is 39.0 Å². The monoisotopic (exact) mass is 425 g/mol. The molecule has 7 heteroatoms. The van der Waals surface area contributed by atoms with Crippen molar-refractivity contribution in [2.75, 3.05) is 12.0 Å². The molecule has 0 saturated heterocycles. The van der Waals surface area contributed by atoms with Gasteiger partial charge in [-0.3, -0.25) is 4.79 Å². The van der Waals surface area contributed by atoms with Crippen LogP contribution in [0.25, 0.3) is 15.1 Å². The Morgan fingerprint density at radius 1 is 1.42 bits per heavy atom. The maximum Gasteiger partial charge on any atom is 0.260 e. The Kier molecular flexibility index (Phi) is 4.47. The third-order valence-electron chi connectivity index (χ3n) is 4.59. The molecule has 4 nitrogen and oxygen atoms in total. The Hall–Kier alpha value is -1.05. The van der Waals surface area contributed by atoms with E-state index in [0.29, 0.717) is 10.6 Å². The van der Waals surface area contributed by atoms with Gasteiger partial charge in [0.05, 0.1) is 11.4 Å². The highest BCUT2D eigenvalue weighted by molar-refractivity contribution is 9.12. The molecule has 128 valence electrons. The first-order chi connectivity index (χ1) is 11.2. The second-order valence-corrected chi connectivity index (χ2v) is 9.66. The van der Waals surface area contributed by atoms with E-state index < -0.39 is 5.91 Å². The Labute approximate surface area is 158 Å². The summed E-state index contributed by atoms with van der Waals surface area (Å²) in [5.41, 5.74) is 15.8. The molecule has 24 heavy (non-hydrogen) atoms. The van der Waals surface area contributed by atoms with Gasteiger partial charge in [-0.2, -0.15) is 0 Å². The molecule has 0 unspecified atom stereocenters. The summed E-state index contributed by atoms with van der Waals surface area (Å²) in [4.78, 5) is 19.0. The number of hydrogen-bond donors (Lipinski definition) is 2. The average molecular weight is 426 g/mol. The number of allylic oxidation sites excluding steroid dienone is 1. The number of aromatic nitrogens is 1.